The molecular weight excluding hydrogens is 861 g/mol. The van der Waals surface area contributed by atoms with Crippen LogP contribution in [0.5, 0.6) is 0 Å². The van der Waals surface area contributed by atoms with Crippen LogP contribution >= 0.6 is 0 Å². The lowest BCUT2D eigenvalue weighted by Crippen LogP contribution is -2.09. The molecule has 14 rings (SSSR count). The van der Waals surface area contributed by atoms with Crippen molar-refractivity contribution in [2.24, 2.45) is 0 Å². The summed E-state index contributed by atoms with van der Waals surface area (Å²) in [7, 11) is 0. The average Bonchev–Trinajstić information content (AvgIpc) is 3.95. The van der Waals surface area contributed by atoms with Crippen molar-refractivity contribution in [2.45, 2.75) is 0 Å². The highest BCUT2D eigenvalue weighted by atomic mass is 15.1. The van der Waals surface area contributed by atoms with Gasteiger partial charge in [0.05, 0.1) is 39.6 Å². The van der Waals surface area contributed by atoms with Gasteiger partial charge in [-0.1, -0.05) is 152 Å². The summed E-state index contributed by atoms with van der Waals surface area (Å²) in [4.78, 5) is 6.74. The zero-order valence-electron chi connectivity index (χ0n) is 38.7. The molecule has 332 valence electrons. The van der Waals surface area contributed by atoms with Gasteiger partial charge in [0.15, 0.2) is 0 Å². The van der Waals surface area contributed by atoms with E-state index in [0.29, 0.717) is 0 Å². The number of hydrogen-bond acceptors (Lipinski definition) is 2. The van der Waals surface area contributed by atoms with E-state index in [4.69, 9.17) is 0 Å². The molecule has 0 saturated carbocycles. The fraction of sp³-hybridized carbons (Fsp3) is 0. The monoisotopic (exact) mass is 904 g/mol. The normalized spacial score (nSPS) is 11.7. The molecule has 0 aliphatic heterocycles. The van der Waals surface area contributed by atoms with Crippen molar-refractivity contribution >= 4 is 82.2 Å². The van der Waals surface area contributed by atoms with Crippen molar-refractivity contribution in [3.63, 3.8) is 0 Å². The van der Waals surface area contributed by atoms with Crippen LogP contribution in [0.4, 0.5) is 17.1 Å². The lowest BCUT2D eigenvalue weighted by molar-refractivity contribution is 1.19. The smallest absolute Gasteiger partial charge is 0.0644 e. The van der Waals surface area contributed by atoms with E-state index in [-0.39, 0.29) is 0 Å². The van der Waals surface area contributed by atoms with E-state index in [1.807, 2.05) is 18.5 Å². The Hall–Kier alpha value is -9.51. The average molecular weight is 905 g/mol. The molecule has 3 heterocycles. The number of anilines is 3. The molecule has 0 aliphatic rings. The van der Waals surface area contributed by atoms with Crippen LogP contribution in [0.1, 0.15) is 0 Å². The van der Waals surface area contributed by atoms with Gasteiger partial charge in [-0.05, 0) is 153 Å². The Balaban J connectivity index is 0.961. The number of para-hydroxylation sites is 3. The Morgan fingerprint density at radius 1 is 0.282 bits per heavy atom. The minimum absolute atomic E-state index is 1.00. The van der Waals surface area contributed by atoms with Crippen LogP contribution in [0.15, 0.2) is 267 Å². The third-order valence-corrected chi connectivity index (χ3v) is 14.3. The van der Waals surface area contributed by atoms with Gasteiger partial charge < -0.3 is 14.0 Å². The van der Waals surface area contributed by atoms with E-state index in [1.165, 1.54) is 70.8 Å². The molecule has 71 heavy (non-hydrogen) atoms. The van der Waals surface area contributed by atoms with Gasteiger partial charge in [0.25, 0.3) is 0 Å². The summed E-state index contributed by atoms with van der Waals surface area (Å²) in [6, 6.07) is 93.0. The molecular formula is C67H44N4. The SMILES string of the molecule is c1ccc(N(c2ccc(-c3cc(-c4ccc5c(c4)c4ccccc4n5-c4ccc5ccccc5c4)cc(-c4ccc5c6ccccc6n(-c6cccc7ccccc67)c5c4)c3)cc2)c2cccnc2)cc1. The highest BCUT2D eigenvalue weighted by Gasteiger charge is 2.19. The van der Waals surface area contributed by atoms with Gasteiger partial charge in [0.1, 0.15) is 0 Å². The van der Waals surface area contributed by atoms with Crippen LogP contribution in [-0.2, 0) is 0 Å². The van der Waals surface area contributed by atoms with Crippen molar-refractivity contribution in [1.82, 2.24) is 14.1 Å². The lowest BCUT2D eigenvalue weighted by Gasteiger charge is -2.25. The van der Waals surface area contributed by atoms with Crippen LogP contribution in [0, 0.1) is 0 Å². The number of pyridine rings is 1. The van der Waals surface area contributed by atoms with Gasteiger partial charge in [-0.2, -0.15) is 0 Å². The van der Waals surface area contributed by atoms with Crippen LogP contribution in [0.2, 0.25) is 0 Å². The zero-order chi connectivity index (χ0) is 46.8. The first kappa shape index (κ1) is 40.5. The second kappa shape index (κ2) is 16.6. The molecule has 0 saturated heterocycles. The molecule has 0 bridgehead atoms. The predicted molar refractivity (Wildman–Crippen MR) is 299 cm³/mol. The zero-order valence-corrected chi connectivity index (χ0v) is 38.7. The van der Waals surface area contributed by atoms with E-state index >= 15 is 0 Å². The molecule has 0 amide bonds. The molecule has 14 aromatic rings. The molecule has 0 spiro atoms. The summed E-state index contributed by atoms with van der Waals surface area (Å²) in [5, 5.41) is 9.83. The van der Waals surface area contributed by atoms with E-state index in [2.05, 4.69) is 268 Å². The van der Waals surface area contributed by atoms with Gasteiger partial charge >= 0.3 is 0 Å². The summed E-state index contributed by atoms with van der Waals surface area (Å²) in [6.07, 6.45) is 3.74. The minimum atomic E-state index is 1.00. The van der Waals surface area contributed by atoms with Gasteiger partial charge in [-0.15, -0.1) is 0 Å². The maximum Gasteiger partial charge on any atom is 0.0644 e. The summed E-state index contributed by atoms with van der Waals surface area (Å²) in [6.45, 7) is 0. The van der Waals surface area contributed by atoms with Gasteiger partial charge in [-0.25, -0.2) is 0 Å². The fourth-order valence-electron chi connectivity index (χ4n) is 11.0. The number of benzene rings is 11. The van der Waals surface area contributed by atoms with Crippen molar-refractivity contribution < 1.29 is 0 Å². The van der Waals surface area contributed by atoms with E-state index in [1.54, 1.807) is 0 Å². The van der Waals surface area contributed by atoms with Crippen molar-refractivity contribution in [2.75, 3.05) is 4.90 Å². The fourth-order valence-corrected chi connectivity index (χ4v) is 11.0. The maximum absolute atomic E-state index is 4.48. The van der Waals surface area contributed by atoms with Crippen LogP contribution in [0.3, 0.4) is 0 Å². The quantitative estimate of drug-likeness (QED) is 0.152. The topological polar surface area (TPSA) is 26.0 Å². The Labute approximate surface area is 411 Å². The third kappa shape index (κ3) is 6.88. The first-order valence-corrected chi connectivity index (χ1v) is 24.3. The van der Waals surface area contributed by atoms with Gasteiger partial charge in [0, 0.05) is 50.2 Å². The molecule has 11 aromatic carbocycles. The Bertz CT molecular complexity index is 4290. The predicted octanol–water partition coefficient (Wildman–Crippen LogP) is 18.1. The second-order valence-corrected chi connectivity index (χ2v) is 18.4. The molecule has 3 aromatic heterocycles. The molecule has 0 N–H and O–H groups in total. The molecule has 0 aliphatic carbocycles. The maximum atomic E-state index is 4.48. The van der Waals surface area contributed by atoms with E-state index in [0.717, 1.165) is 56.1 Å². The second-order valence-electron chi connectivity index (χ2n) is 18.4. The third-order valence-electron chi connectivity index (χ3n) is 14.3. The van der Waals surface area contributed by atoms with Crippen LogP contribution in [-0.4, -0.2) is 14.1 Å². The number of fused-ring (bicyclic) bond motifs is 8. The molecule has 4 nitrogen and oxygen atoms in total. The first-order chi connectivity index (χ1) is 35.2. The molecule has 0 unspecified atom stereocenters. The standard InChI is InChI=1S/C67H44N4/c1-2-18-54(19-3-1)69(57-20-13-37-68-44-57)55-32-27-46(28-33-55)51-38-52(49-31-36-66-62(42-49)60-23-9-10-24-64(60)70(66)56-34-29-45-14-4-5-16-48(45)41-56)40-53(39-51)50-30-35-61-59-22-8-11-25-65(59)71(67(61)43-50)63-26-12-17-47-15-6-7-21-58(47)63/h1-44H. The first-order valence-electron chi connectivity index (χ1n) is 24.3. The largest absolute Gasteiger partial charge is 0.309 e. The number of hydrogen-bond donors (Lipinski definition) is 0. The van der Waals surface area contributed by atoms with E-state index in [9.17, 15) is 0 Å². The Morgan fingerprint density at radius 3 is 1.62 bits per heavy atom. The van der Waals surface area contributed by atoms with Gasteiger partial charge in [0.2, 0.25) is 0 Å². The lowest BCUT2D eigenvalue weighted by atomic mass is 9.92. The summed E-state index contributed by atoms with van der Waals surface area (Å²) in [5.41, 5.74) is 17.1. The van der Waals surface area contributed by atoms with Gasteiger partial charge in [-0.3, -0.25) is 4.98 Å². The van der Waals surface area contributed by atoms with Crippen LogP contribution in [0.25, 0.3) is 110 Å². The van der Waals surface area contributed by atoms with E-state index < -0.39 is 0 Å². The van der Waals surface area contributed by atoms with Crippen molar-refractivity contribution in [1.29, 1.82) is 0 Å². The highest BCUT2D eigenvalue weighted by Crippen LogP contribution is 2.42. The van der Waals surface area contributed by atoms with Crippen molar-refractivity contribution in [3.05, 3.63) is 267 Å². The summed E-state index contributed by atoms with van der Waals surface area (Å²) >= 11 is 0. The molecule has 4 heteroatoms. The minimum Gasteiger partial charge on any atom is -0.309 e. The molecule has 0 atom stereocenters. The summed E-state index contributed by atoms with van der Waals surface area (Å²) < 4.78 is 4.87. The Morgan fingerprint density at radius 2 is 0.845 bits per heavy atom. The number of rotatable bonds is 8. The highest BCUT2D eigenvalue weighted by molar-refractivity contribution is 6.13. The van der Waals surface area contributed by atoms with Crippen molar-refractivity contribution in [3.8, 4) is 44.8 Å². The number of aromatic nitrogens is 3. The van der Waals surface area contributed by atoms with Crippen LogP contribution < -0.4 is 4.90 Å². The molecule has 0 radical (unpaired) electrons. The molecule has 0 fully saturated rings. The number of nitrogens with zero attached hydrogens (tertiary/aromatic N) is 4. The summed E-state index contributed by atoms with van der Waals surface area (Å²) in [5.74, 6) is 0. The Kier molecular flexibility index (Phi) is 9.49.